The molecule has 1 heterocycles. The molecule has 3 rings (SSSR count). The van der Waals surface area contributed by atoms with Crippen molar-refractivity contribution in [3.8, 4) is 0 Å². The smallest absolute Gasteiger partial charge is 0.159 e. The SMILES string of the molecule is OCc1nnc(Cc2ccccc2Cl)n1C1CC1. The summed E-state index contributed by atoms with van der Waals surface area (Å²) >= 11 is 6.16. The molecular formula is C13H14ClN3O. The van der Waals surface area contributed by atoms with E-state index in [1.165, 1.54) is 0 Å². The van der Waals surface area contributed by atoms with Crippen molar-refractivity contribution in [2.24, 2.45) is 0 Å². The molecule has 0 aliphatic heterocycles. The summed E-state index contributed by atoms with van der Waals surface area (Å²) in [7, 11) is 0. The van der Waals surface area contributed by atoms with E-state index in [0.717, 1.165) is 29.3 Å². The number of aromatic nitrogens is 3. The molecule has 18 heavy (non-hydrogen) atoms. The van der Waals surface area contributed by atoms with Gasteiger partial charge in [0, 0.05) is 17.5 Å². The molecule has 1 N–H and O–H groups in total. The van der Waals surface area contributed by atoms with Crippen LogP contribution in [-0.2, 0) is 13.0 Å². The van der Waals surface area contributed by atoms with Crippen molar-refractivity contribution in [1.29, 1.82) is 0 Å². The summed E-state index contributed by atoms with van der Waals surface area (Å²) in [6, 6.07) is 8.21. The fraction of sp³-hybridized carbons (Fsp3) is 0.385. The molecule has 1 aliphatic carbocycles. The number of aliphatic hydroxyl groups excluding tert-OH is 1. The second kappa shape index (κ2) is 4.71. The highest BCUT2D eigenvalue weighted by atomic mass is 35.5. The Morgan fingerprint density at radius 3 is 2.61 bits per heavy atom. The summed E-state index contributed by atoms with van der Waals surface area (Å²) in [5, 5.41) is 18.2. The van der Waals surface area contributed by atoms with Crippen molar-refractivity contribution in [3.05, 3.63) is 46.5 Å². The minimum atomic E-state index is -0.0635. The van der Waals surface area contributed by atoms with E-state index >= 15 is 0 Å². The molecule has 1 aliphatic rings. The molecule has 94 valence electrons. The van der Waals surface area contributed by atoms with E-state index in [1.807, 2.05) is 24.3 Å². The van der Waals surface area contributed by atoms with E-state index in [1.54, 1.807) is 0 Å². The Morgan fingerprint density at radius 2 is 1.94 bits per heavy atom. The first kappa shape index (κ1) is 11.7. The summed E-state index contributed by atoms with van der Waals surface area (Å²) in [4.78, 5) is 0. The van der Waals surface area contributed by atoms with Crippen LogP contribution < -0.4 is 0 Å². The molecule has 0 radical (unpaired) electrons. The fourth-order valence-corrected chi connectivity index (χ4v) is 2.36. The van der Waals surface area contributed by atoms with Gasteiger partial charge in [0.1, 0.15) is 12.4 Å². The Morgan fingerprint density at radius 1 is 1.22 bits per heavy atom. The number of benzene rings is 1. The molecule has 0 unspecified atom stereocenters. The number of nitrogens with zero attached hydrogens (tertiary/aromatic N) is 3. The molecule has 4 nitrogen and oxygen atoms in total. The molecule has 1 aromatic heterocycles. The average molecular weight is 264 g/mol. The van der Waals surface area contributed by atoms with E-state index in [-0.39, 0.29) is 6.61 Å². The number of aliphatic hydroxyl groups is 1. The van der Waals surface area contributed by atoms with Crippen LogP contribution in [0, 0.1) is 0 Å². The van der Waals surface area contributed by atoms with E-state index < -0.39 is 0 Å². The van der Waals surface area contributed by atoms with Crippen LogP contribution in [0.1, 0.15) is 36.1 Å². The normalized spacial score (nSPS) is 15.0. The van der Waals surface area contributed by atoms with Crippen LogP contribution in [0.25, 0.3) is 0 Å². The van der Waals surface area contributed by atoms with Gasteiger partial charge < -0.3 is 9.67 Å². The first-order chi connectivity index (χ1) is 8.79. The minimum absolute atomic E-state index is 0.0635. The van der Waals surface area contributed by atoms with Crippen LogP contribution in [-0.4, -0.2) is 19.9 Å². The van der Waals surface area contributed by atoms with Gasteiger partial charge in [-0.05, 0) is 24.5 Å². The quantitative estimate of drug-likeness (QED) is 0.921. The maximum Gasteiger partial charge on any atom is 0.159 e. The second-order valence-corrected chi connectivity index (χ2v) is 4.97. The molecule has 0 saturated heterocycles. The van der Waals surface area contributed by atoms with Gasteiger partial charge in [0.15, 0.2) is 5.82 Å². The molecule has 0 atom stereocenters. The summed E-state index contributed by atoms with van der Waals surface area (Å²) < 4.78 is 2.06. The van der Waals surface area contributed by atoms with E-state index in [0.29, 0.717) is 18.3 Å². The van der Waals surface area contributed by atoms with Gasteiger partial charge in [-0.2, -0.15) is 0 Å². The summed E-state index contributed by atoms with van der Waals surface area (Å²) in [5.74, 6) is 1.54. The third kappa shape index (κ3) is 2.13. The Balaban J connectivity index is 1.93. The van der Waals surface area contributed by atoms with Crippen molar-refractivity contribution >= 4 is 11.6 Å². The number of hydrogen-bond donors (Lipinski definition) is 1. The lowest BCUT2D eigenvalue weighted by Crippen LogP contribution is -2.06. The molecule has 0 spiro atoms. The van der Waals surface area contributed by atoms with Crippen LogP contribution in [0.3, 0.4) is 0 Å². The zero-order valence-electron chi connectivity index (χ0n) is 9.88. The molecule has 1 fully saturated rings. The van der Waals surface area contributed by atoms with Gasteiger partial charge >= 0.3 is 0 Å². The van der Waals surface area contributed by atoms with Crippen molar-refractivity contribution in [3.63, 3.8) is 0 Å². The molecule has 5 heteroatoms. The standard InChI is InChI=1S/C13H14ClN3O/c14-11-4-2-1-3-9(11)7-12-15-16-13(8-18)17(12)10-5-6-10/h1-4,10,18H,5-8H2. The highest BCUT2D eigenvalue weighted by Crippen LogP contribution is 2.37. The molecule has 0 amide bonds. The van der Waals surface area contributed by atoms with E-state index in [9.17, 15) is 5.11 Å². The zero-order valence-corrected chi connectivity index (χ0v) is 10.6. The molecule has 1 aromatic carbocycles. The average Bonchev–Trinajstić information content (AvgIpc) is 3.14. The molecule has 0 bridgehead atoms. The van der Waals surface area contributed by atoms with Crippen molar-refractivity contribution < 1.29 is 5.11 Å². The monoisotopic (exact) mass is 263 g/mol. The van der Waals surface area contributed by atoms with E-state index in [2.05, 4.69) is 14.8 Å². The fourth-order valence-electron chi connectivity index (χ4n) is 2.16. The predicted octanol–water partition coefficient (Wildman–Crippen LogP) is 2.35. The topological polar surface area (TPSA) is 50.9 Å². The maximum atomic E-state index is 9.28. The van der Waals surface area contributed by atoms with Gasteiger partial charge in [-0.1, -0.05) is 29.8 Å². The lowest BCUT2D eigenvalue weighted by Gasteiger charge is -2.08. The minimum Gasteiger partial charge on any atom is -0.388 e. The lowest BCUT2D eigenvalue weighted by atomic mass is 10.1. The highest BCUT2D eigenvalue weighted by Gasteiger charge is 2.29. The summed E-state index contributed by atoms with van der Waals surface area (Å²) in [5.41, 5.74) is 1.04. The molecule has 1 saturated carbocycles. The van der Waals surface area contributed by atoms with Crippen molar-refractivity contribution in [2.75, 3.05) is 0 Å². The Bertz CT molecular complexity index is 563. The summed E-state index contributed by atoms with van der Waals surface area (Å²) in [6.45, 7) is -0.0635. The largest absolute Gasteiger partial charge is 0.388 e. The van der Waals surface area contributed by atoms with Crippen molar-refractivity contribution in [1.82, 2.24) is 14.8 Å². The van der Waals surface area contributed by atoms with Gasteiger partial charge in [0.05, 0.1) is 0 Å². The van der Waals surface area contributed by atoms with Gasteiger partial charge in [-0.15, -0.1) is 10.2 Å². The van der Waals surface area contributed by atoms with Crippen LogP contribution in [0.5, 0.6) is 0 Å². The third-order valence-corrected chi connectivity index (χ3v) is 3.57. The first-order valence-corrected chi connectivity index (χ1v) is 6.44. The van der Waals surface area contributed by atoms with Crippen LogP contribution >= 0.6 is 11.6 Å². The number of rotatable bonds is 4. The van der Waals surface area contributed by atoms with Gasteiger partial charge in [0.25, 0.3) is 0 Å². The maximum absolute atomic E-state index is 9.28. The van der Waals surface area contributed by atoms with Gasteiger partial charge in [-0.3, -0.25) is 0 Å². The van der Waals surface area contributed by atoms with Crippen LogP contribution in [0.4, 0.5) is 0 Å². The van der Waals surface area contributed by atoms with Gasteiger partial charge in [-0.25, -0.2) is 0 Å². The Labute approximate surface area is 110 Å². The molecular weight excluding hydrogens is 250 g/mol. The third-order valence-electron chi connectivity index (χ3n) is 3.20. The first-order valence-electron chi connectivity index (χ1n) is 6.06. The Hall–Kier alpha value is -1.39. The summed E-state index contributed by atoms with van der Waals surface area (Å²) in [6.07, 6.45) is 2.93. The van der Waals surface area contributed by atoms with E-state index in [4.69, 9.17) is 11.6 Å². The second-order valence-electron chi connectivity index (χ2n) is 4.56. The van der Waals surface area contributed by atoms with Crippen molar-refractivity contribution in [2.45, 2.75) is 31.9 Å². The number of hydrogen-bond acceptors (Lipinski definition) is 3. The lowest BCUT2D eigenvalue weighted by molar-refractivity contribution is 0.264. The predicted molar refractivity (Wildman–Crippen MR) is 68.5 cm³/mol. The zero-order chi connectivity index (χ0) is 12.5. The van der Waals surface area contributed by atoms with Crippen LogP contribution in [0.15, 0.2) is 24.3 Å². The van der Waals surface area contributed by atoms with Gasteiger partial charge in [0.2, 0.25) is 0 Å². The molecule has 2 aromatic rings. The van der Waals surface area contributed by atoms with Crippen LogP contribution in [0.2, 0.25) is 5.02 Å². The number of halogens is 1. The Kier molecular flexibility index (Phi) is 3.06. The highest BCUT2D eigenvalue weighted by molar-refractivity contribution is 6.31.